The number of hydrogen-bond acceptors (Lipinski definition) is 2. The van der Waals surface area contributed by atoms with Crippen molar-refractivity contribution in [2.24, 2.45) is 5.92 Å². The Balaban J connectivity index is 2.45. The lowest BCUT2D eigenvalue weighted by Gasteiger charge is -2.26. The molecular weight excluding hydrogens is 232 g/mol. The Labute approximate surface area is 108 Å². The maximum Gasteiger partial charge on any atom is 0.329 e. The molecule has 0 unspecified atom stereocenters. The second-order valence-corrected chi connectivity index (χ2v) is 5.11. The van der Waals surface area contributed by atoms with Crippen LogP contribution >= 0.6 is 0 Å². The van der Waals surface area contributed by atoms with E-state index in [4.69, 9.17) is 0 Å². The molecule has 5 nitrogen and oxygen atoms in total. The van der Waals surface area contributed by atoms with Crippen molar-refractivity contribution in [3.63, 3.8) is 0 Å². The van der Waals surface area contributed by atoms with Crippen molar-refractivity contribution in [1.82, 2.24) is 10.6 Å². The van der Waals surface area contributed by atoms with Gasteiger partial charge in [-0.2, -0.15) is 0 Å². The zero-order chi connectivity index (χ0) is 13.6. The summed E-state index contributed by atoms with van der Waals surface area (Å²) in [5, 5.41) is 14.7. The minimum absolute atomic E-state index is 0.355. The van der Waals surface area contributed by atoms with Gasteiger partial charge in [-0.15, -0.1) is 0 Å². The van der Waals surface area contributed by atoms with Crippen LogP contribution < -0.4 is 10.6 Å². The fraction of sp³-hybridized carbons (Fsp3) is 0.846. The molecule has 0 radical (unpaired) electrons. The van der Waals surface area contributed by atoms with E-state index in [1.165, 1.54) is 0 Å². The zero-order valence-corrected chi connectivity index (χ0v) is 11.3. The zero-order valence-electron chi connectivity index (χ0n) is 11.3. The van der Waals surface area contributed by atoms with Crippen LogP contribution in [-0.2, 0) is 4.79 Å². The van der Waals surface area contributed by atoms with Crippen molar-refractivity contribution in [2.75, 3.05) is 6.54 Å². The third kappa shape index (κ3) is 3.62. The molecule has 1 saturated carbocycles. The summed E-state index contributed by atoms with van der Waals surface area (Å²) in [5.74, 6) is -0.460. The fourth-order valence-corrected chi connectivity index (χ4v) is 2.45. The molecule has 0 aromatic heterocycles. The molecule has 0 aromatic carbocycles. The number of rotatable bonds is 6. The van der Waals surface area contributed by atoms with Crippen molar-refractivity contribution >= 4 is 12.0 Å². The van der Waals surface area contributed by atoms with Crippen LogP contribution in [0, 0.1) is 5.92 Å². The van der Waals surface area contributed by atoms with Crippen LogP contribution in [0.1, 0.15) is 52.4 Å². The molecule has 0 saturated heterocycles. The molecule has 1 rings (SSSR count). The highest BCUT2D eigenvalue weighted by Crippen LogP contribution is 2.29. The van der Waals surface area contributed by atoms with E-state index in [2.05, 4.69) is 24.5 Å². The van der Waals surface area contributed by atoms with E-state index in [1.54, 1.807) is 0 Å². The van der Waals surface area contributed by atoms with Crippen LogP contribution in [0.5, 0.6) is 0 Å². The summed E-state index contributed by atoms with van der Waals surface area (Å²) in [6.07, 6.45) is 4.81. The van der Waals surface area contributed by atoms with Gasteiger partial charge in [-0.1, -0.05) is 39.5 Å². The minimum atomic E-state index is -1.04. The highest BCUT2D eigenvalue weighted by molar-refractivity contribution is 5.86. The van der Waals surface area contributed by atoms with E-state index < -0.39 is 11.5 Å². The van der Waals surface area contributed by atoms with Gasteiger partial charge in [0.25, 0.3) is 0 Å². The summed E-state index contributed by atoms with van der Waals surface area (Å²) in [6.45, 7) is 4.78. The second-order valence-electron chi connectivity index (χ2n) is 5.11. The van der Waals surface area contributed by atoms with Crippen LogP contribution in [0.25, 0.3) is 0 Å². The SMILES string of the molecule is CCC(CC)CNC(=O)NC1(C(=O)O)CCCC1. The number of carbonyl (C=O) groups is 2. The van der Waals surface area contributed by atoms with Gasteiger partial charge in [-0.3, -0.25) is 0 Å². The standard InChI is InChI=1S/C13H24N2O3/c1-3-10(4-2)9-14-12(18)15-13(11(16)17)7-5-6-8-13/h10H,3-9H2,1-2H3,(H,16,17)(H2,14,15,18). The summed E-state index contributed by atoms with van der Waals surface area (Å²) in [6, 6.07) is -0.355. The molecule has 18 heavy (non-hydrogen) atoms. The summed E-state index contributed by atoms with van der Waals surface area (Å²) in [5.41, 5.74) is -1.04. The summed E-state index contributed by atoms with van der Waals surface area (Å²) >= 11 is 0. The van der Waals surface area contributed by atoms with Gasteiger partial charge in [0.2, 0.25) is 0 Å². The van der Waals surface area contributed by atoms with E-state index in [0.717, 1.165) is 25.7 Å². The topological polar surface area (TPSA) is 78.4 Å². The Bertz CT molecular complexity index is 295. The van der Waals surface area contributed by atoms with Crippen molar-refractivity contribution in [3.05, 3.63) is 0 Å². The van der Waals surface area contributed by atoms with E-state index in [1.807, 2.05) is 0 Å². The molecule has 0 heterocycles. The van der Waals surface area contributed by atoms with E-state index in [0.29, 0.717) is 25.3 Å². The normalized spacial score (nSPS) is 17.7. The Morgan fingerprint density at radius 1 is 1.22 bits per heavy atom. The molecule has 1 aliphatic carbocycles. The Kier molecular flexibility index (Phi) is 5.44. The Hall–Kier alpha value is -1.26. The number of urea groups is 1. The molecule has 1 fully saturated rings. The molecule has 0 spiro atoms. The van der Waals surface area contributed by atoms with Gasteiger partial charge < -0.3 is 15.7 Å². The largest absolute Gasteiger partial charge is 0.480 e. The quantitative estimate of drug-likeness (QED) is 0.681. The van der Waals surface area contributed by atoms with Crippen molar-refractivity contribution in [2.45, 2.75) is 57.9 Å². The molecule has 1 aliphatic rings. The molecule has 0 atom stereocenters. The number of hydrogen-bond donors (Lipinski definition) is 3. The van der Waals surface area contributed by atoms with Crippen LogP contribution in [-0.4, -0.2) is 29.2 Å². The van der Waals surface area contributed by atoms with Gasteiger partial charge in [0.15, 0.2) is 0 Å². The van der Waals surface area contributed by atoms with Gasteiger partial charge in [0.1, 0.15) is 5.54 Å². The first-order chi connectivity index (χ1) is 8.54. The number of carboxylic acid groups (broad SMARTS) is 1. The smallest absolute Gasteiger partial charge is 0.329 e. The second kappa shape index (κ2) is 6.61. The summed E-state index contributed by atoms with van der Waals surface area (Å²) in [4.78, 5) is 23.0. The third-order valence-electron chi connectivity index (χ3n) is 3.93. The number of aliphatic carboxylic acids is 1. The molecular formula is C13H24N2O3. The third-order valence-corrected chi connectivity index (χ3v) is 3.93. The molecule has 2 amide bonds. The average Bonchev–Trinajstić information content (AvgIpc) is 2.80. The summed E-state index contributed by atoms with van der Waals surface area (Å²) < 4.78 is 0. The van der Waals surface area contributed by atoms with Gasteiger partial charge >= 0.3 is 12.0 Å². The Morgan fingerprint density at radius 2 is 1.78 bits per heavy atom. The first-order valence-electron chi connectivity index (χ1n) is 6.83. The van der Waals surface area contributed by atoms with E-state index in [-0.39, 0.29) is 6.03 Å². The molecule has 104 valence electrons. The van der Waals surface area contributed by atoms with Gasteiger partial charge in [-0.25, -0.2) is 9.59 Å². The number of carboxylic acids is 1. The molecule has 5 heteroatoms. The number of carbonyl (C=O) groups excluding carboxylic acids is 1. The Morgan fingerprint density at radius 3 is 2.22 bits per heavy atom. The number of nitrogens with one attached hydrogen (secondary N) is 2. The predicted molar refractivity (Wildman–Crippen MR) is 69.4 cm³/mol. The lowest BCUT2D eigenvalue weighted by molar-refractivity contribution is -0.144. The molecule has 0 aliphatic heterocycles. The van der Waals surface area contributed by atoms with Crippen molar-refractivity contribution in [1.29, 1.82) is 0 Å². The van der Waals surface area contributed by atoms with Crippen LogP contribution in [0.2, 0.25) is 0 Å². The monoisotopic (exact) mass is 256 g/mol. The van der Waals surface area contributed by atoms with Gasteiger partial charge in [0, 0.05) is 6.54 Å². The highest BCUT2D eigenvalue weighted by Gasteiger charge is 2.42. The van der Waals surface area contributed by atoms with Crippen molar-refractivity contribution in [3.8, 4) is 0 Å². The number of amides is 2. The van der Waals surface area contributed by atoms with E-state index in [9.17, 15) is 14.7 Å². The van der Waals surface area contributed by atoms with Gasteiger partial charge in [0.05, 0.1) is 0 Å². The molecule has 0 bridgehead atoms. The van der Waals surface area contributed by atoms with E-state index >= 15 is 0 Å². The predicted octanol–water partition coefficient (Wildman–Crippen LogP) is 2.12. The average molecular weight is 256 g/mol. The molecule has 3 N–H and O–H groups in total. The minimum Gasteiger partial charge on any atom is -0.480 e. The first kappa shape index (κ1) is 14.8. The first-order valence-corrected chi connectivity index (χ1v) is 6.83. The maximum absolute atomic E-state index is 11.8. The lowest BCUT2D eigenvalue weighted by atomic mass is 9.98. The summed E-state index contributed by atoms with van der Waals surface area (Å²) in [7, 11) is 0. The van der Waals surface area contributed by atoms with Crippen LogP contribution in [0.4, 0.5) is 4.79 Å². The lowest BCUT2D eigenvalue weighted by Crippen LogP contribution is -2.55. The van der Waals surface area contributed by atoms with Crippen LogP contribution in [0.15, 0.2) is 0 Å². The highest BCUT2D eigenvalue weighted by atomic mass is 16.4. The van der Waals surface area contributed by atoms with Crippen LogP contribution in [0.3, 0.4) is 0 Å². The van der Waals surface area contributed by atoms with Gasteiger partial charge in [-0.05, 0) is 18.8 Å². The van der Waals surface area contributed by atoms with Crippen molar-refractivity contribution < 1.29 is 14.7 Å². The maximum atomic E-state index is 11.8. The molecule has 0 aromatic rings. The fourth-order valence-electron chi connectivity index (χ4n) is 2.45.